The van der Waals surface area contributed by atoms with Crippen molar-refractivity contribution in [3.05, 3.63) is 87.9 Å². The van der Waals surface area contributed by atoms with Gasteiger partial charge in [-0.3, -0.25) is 9.36 Å². The van der Waals surface area contributed by atoms with Crippen LogP contribution in [0.15, 0.2) is 64.7 Å². The Hall–Kier alpha value is -3.52. The monoisotopic (exact) mass is 428 g/mol. The molecule has 0 aliphatic carbocycles. The number of aromatic nitrogens is 6. The van der Waals surface area contributed by atoms with Crippen LogP contribution >= 0.6 is 11.8 Å². The zero-order chi connectivity index (χ0) is 21.5. The van der Waals surface area contributed by atoms with E-state index < -0.39 is 0 Å². The van der Waals surface area contributed by atoms with Crippen LogP contribution in [-0.2, 0) is 5.75 Å². The van der Waals surface area contributed by atoms with Crippen LogP contribution in [0.2, 0.25) is 0 Å². The molecule has 0 bridgehead atoms. The van der Waals surface area contributed by atoms with Crippen molar-refractivity contribution in [1.82, 2.24) is 29.1 Å². The largest absolute Gasteiger partial charge is 0.268 e. The van der Waals surface area contributed by atoms with Gasteiger partial charge in [0.15, 0.2) is 0 Å². The molecule has 0 aliphatic rings. The molecule has 0 unspecified atom stereocenters. The molecule has 2 aromatic carbocycles. The molecule has 154 valence electrons. The first-order valence-electron chi connectivity index (χ1n) is 9.90. The fourth-order valence-electron chi connectivity index (χ4n) is 3.74. The molecule has 5 aromatic rings. The molecule has 0 saturated carbocycles. The van der Waals surface area contributed by atoms with Crippen LogP contribution in [0.4, 0.5) is 0 Å². The van der Waals surface area contributed by atoms with E-state index in [0.29, 0.717) is 28.3 Å². The first-order valence-corrected chi connectivity index (χ1v) is 10.9. The maximum atomic E-state index is 13.6. The Morgan fingerprint density at radius 1 is 0.968 bits per heavy atom. The molecular formula is C23H20N6OS. The van der Waals surface area contributed by atoms with Crippen LogP contribution in [0.1, 0.15) is 22.6 Å². The molecule has 3 heterocycles. The summed E-state index contributed by atoms with van der Waals surface area (Å²) in [5.74, 6) is 1.73. The number of fused-ring (bicyclic) bond motifs is 2. The highest BCUT2D eigenvalue weighted by Crippen LogP contribution is 2.25. The van der Waals surface area contributed by atoms with E-state index in [1.807, 2.05) is 69.3 Å². The van der Waals surface area contributed by atoms with Crippen LogP contribution in [-0.4, -0.2) is 29.1 Å². The lowest BCUT2D eigenvalue weighted by Gasteiger charge is -2.16. The molecule has 0 fully saturated rings. The molecule has 0 atom stereocenters. The van der Waals surface area contributed by atoms with E-state index in [1.165, 1.54) is 6.33 Å². The van der Waals surface area contributed by atoms with Gasteiger partial charge in [-0.1, -0.05) is 42.1 Å². The fourth-order valence-corrected chi connectivity index (χ4v) is 4.72. The number of nitrogens with zero attached hydrogens (tertiary/aromatic N) is 6. The third kappa shape index (κ3) is 3.38. The molecule has 3 aromatic heterocycles. The molecule has 0 aliphatic heterocycles. The number of benzene rings is 2. The minimum absolute atomic E-state index is 0.0511. The SMILES string of the molecule is Cc1cc(SCc2nc3cccc(C)c3c(=O)n2-c2ccccc2C)n2ncnc2n1. The number of thioether (sulfide) groups is 1. The second kappa shape index (κ2) is 7.63. The molecule has 0 saturated heterocycles. The number of hydrogen-bond donors (Lipinski definition) is 0. The second-order valence-electron chi connectivity index (χ2n) is 7.42. The second-order valence-corrected chi connectivity index (χ2v) is 8.42. The van der Waals surface area contributed by atoms with E-state index in [2.05, 4.69) is 15.1 Å². The van der Waals surface area contributed by atoms with Gasteiger partial charge in [-0.05, 0) is 50.1 Å². The summed E-state index contributed by atoms with van der Waals surface area (Å²) in [5, 5.41) is 5.83. The van der Waals surface area contributed by atoms with Gasteiger partial charge >= 0.3 is 0 Å². The standard InChI is InChI=1S/C23H20N6OS/c1-14-7-4-5-10-18(14)28-19(27-17-9-6-8-15(2)21(17)22(28)30)12-31-20-11-16(3)26-23-24-13-25-29(20)23/h4-11,13H,12H2,1-3H3. The number of para-hydroxylation sites is 1. The Balaban J connectivity index is 1.69. The van der Waals surface area contributed by atoms with Crippen molar-refractivity contribution in [2.45, 2.75) is 31.6 Å². The van der Waals surface area contributed by atoms with Gasteiger partial charge in [-0.2, -0.15) is 14.6 Å². The minimum atomic E-state index is -0.0511. The van der Waals surface area contributed by atoms with E-state index in [4.69, 9.17) is 4.98 Å². The van der Waals surface area contributed by atoms with Crippen molar-refractivity contribution < 1.29 is 0 Å². The molecule has 8 heteroatoms. The summed E-state index contributed by atoms with van der Waals surface area (Å²) in [6, 6.07) is 15.6. The first-order chi connectivity index (χ1) is 15.0. The Morgan fingerprint density at radius 3 is 2.61 bits per heavy atom. The summed E-state index contributed by atoms with van der Waals surface area (Å²) < 4.78 is 3.45. The highest BCUT2D eigenvalue weighted by molar-refractivity contribution is 7.98. The third-order valence-corrected chi connectivity index (χ3v) is 6.22. The van der Waals surface area contributed by atoms with Gasteiger partial charge in [0.1, 0.15) is 17.2 Å². The van der Waals surface area contributed by atoms with Crippen molar-refractivity contribution in [2.75, 3.05) is 0 Å². The highest BCUT2D eigenvalue weighted by atomic mass is 32.2. The average molecular weight is 429 g/mol. The van der Waals surface area contributed by atoms with Crippen molar-refractivity contribution in [1.29, 1.82) is 0 Å². The Labute approximate surface area is 182 Å². The molecule has 7 nitrogen and oxygen atoms in total. The van der Waals surface area contributed by atoms with Gasteiger partial charge in [0.05, 0.1) is 22.3 Å². The van der Waals surface area contributed by atoms with Gasteiger partial charge < -0.3 is 0 Å². The van der Waals surface area contributed by atoms with Gasteiger partial charge in [-0.25, -0.2) is 9.97 Å². The van der Waals surface area contributed by atoms with E-state index in [0.717, 1.165) is 27.5 Å². The van der Waals surface area contributed by atoms with Crippen LogP contribution in [0.25, 0.3) is 22.4 Å². The molecule has 0 radical (unpaired) electrons. The zero-order valence-corrected chi connectivity index (χ0v) is 18.2. The van der Waals surface area contributed by atoms with Crippen molar-refractivity contribution in [2.24, 2.45) is 0 Å². The maximum Gasteiger partial charge on any atom is 0.266 e. The molecular weight excluding hydrogens is 408 g/mol. The van der Waals surface area contributed by atoms with Gasteiger partial charge in [0.25, 0.3) is 11.3 Å². The zero-order valence-electron chi connectivity index (χ0n) is 17.4. The topological polar surface area (TPSA) is 78.0 Å². The lowest BCUT2D eigenvalue weighted by Crippen LogP contribution is -2.25. The van der Waals surface area contributed by atoms with E-state index in [9.17, 15) is 4.79 Å². The van der Waals surface area contributed by atoms with Crippen LogP contribution in [0.5, 0.6) is 0 Å². The summed E-state index contributed by atoms with van der Waals surface area (Å²) >= 11 is 1.56. The van der Waals surface area contributed by atoms with Gasteiger partial charge in [0.2, 0.25) is 0 Å². The number of rotatable bonds is 4. The fraction of sp³-hybridized carbons (Fsp3) is 0.174. The maximum absolute atomic E-state index is 13.6. The first kappa shape index (κ1) is 19.4. The summed E-state index contributed by atoms with van der Waals surface area (Å²) in [4.78, 5) is 27.1. The molecule has 0 N–H and O–H groups in total. The van der Waals surface area contributed by atoms with Gasteiger partial charge in [0, 0.05) is 5.69 Å². The third-order valence-electron chi connectivity index (χ3n) is 5.23. The van der Waals surface area contributed by atoms with E-state index in [-0.39, 0.29) is 5.56 Å². The highest BCUT2D eigenvalue weighted by Gasteiger charge is 2.17. The summed E-state index contributed by atoms with van der Waals surface area (Å²) in [7, 11) is 0. The van der Waals surface area contributed by atoms with Crippen molar-refractivity contribution >= 4 is 28.4 Å². The number of aryl methyl sites for hydroxylation is 3. The van der Waals surface area contributed by atoms with Crippen LogP contribution in [0.3, 0.4) is 0 Å². The lowest BCUT2D eigenvalue weighted by molar-refractivity contribution is 0.828. The van der Waals surface area contributed by atoms with Gasteiger partial charge in [-0.15, -0.1) is 0 Å². The summed E-state index contributed by atoms with van der Waals surface area (Å²) in [6.07, 6.45) is 1.49. The molecule has 5 rings (SSSR count). The predicted octanol–water partition coefficient (Wildman–Crippen LogP) is 4.04. The number of hydrogen-bond acceptors (Lipinski definition) is 6. The molecule has 31 heavy (non-hydrogen) atoms. The van der Waals surface area contributed by atoms with E-state index in [1.54, 1.807) is 20.8 Å². The smallest absolute Gasteiger partial charge is 0.266 e. The Kier molecular flexibility index (Phi) is 4.78. The predicted molar refractivity (Wildman–Crippen MR) is 122 cm³/mol. The normalized spacial score (nSPS) is 11.5. The quantitative estimate of drug-likeness (QED) is 0.318. The lowest BCUT2D eigenvalue weighted by atomic mass is 10.1. The average Bonchev–Trinajstić information content (AvgIpc) is 3.21. The summed E-state index contributed by atoms with van der Waals surface area (Å²) in [6.45, 7) is 5.88. The molecule has 0 amide bonds. The summed E-state index contributed by atoms with van der Waals surface area (Å²) in [5.41, 5.74) is 4.31. The minimum Gasteiger partial charge on any atom is -0.268 e. The Morgan fingerprint density at radius 2 is 1.77 bits per heavy atom. The van der Waals surface area contributed by atoms with Crippen molar-refractivity contribution in [3.63, 3.8) is 0 Å². The van der Waals surface area contributed by atoms with Crippen molar-refractivity contribution in [3.8, 4) is 5.69 Å². The van der Waals surface area contributed by atoms with E-state index >= 15 is 0 Å². The van der Waals surface area contributed by atoms with Crippen LogP contribution in [0, 0.1) is 20.8 Å². The molecule has 0 spiro atoms. The Bertz CT molecular complexity index is 1500. The van der Waals surface area contributed by atoms with Crippen LogP contribution < -0.4 is 5.56 Å².